The molecule has 2 rings (SSSR count). The number of aliphatic hydroxyl groups excluding tert-OH is 6. The molecule has 16 nitrogen and oxygen atoms in total. The Kier molecular flexibility index (Phi) is 18.3. The third-order valence-electron chi connectivity index (χ3n) is 8.40. The maximum Gasteiger partial charge on any atom is 0.217 e. The summed E-state index contributed by atoms with van der Waals surface area (Å²) in [6.07, 6.45) is -11.8. The number of carbonyl (C=O) groups excluding carboxylic acids is 3. The van der Waals surface area contributed by atoms with Crippen molar-refractivity contribution in [1.29, 1.82) is 0 Å². The summed E-state index contributed by atoms with van der Waals surface area (Å²) in [5, 5.41) is 64.3. The molecule has 0 saturated carbocycles. The fourth-order valence-corrected chi connectivity index (χ4v) is 5.68. The Morgan fingerprint density at radius 2 is 1.57 bits per heavy atom. The van der Waals surface area contributed by atoms with Crippen LogP contribution in [0.15, 0.2) is 0 Å². The van der Waals surface area contributed by atoms with E-state index in [4.69, 9.17) is 28.4 Å². The van der Waals surface area contributed by atoms with Crippen LogP contribution in [0.3, 0.4) is 0 Å². The van der Waals surface area contributed by atoms with E-state index in [1.54, 1.807) is 27.7 Å². The van der Waals surface area contributed by atoms with Crippen LogP contribution < -0.4 is 5.32 Å². The molecule has 0 aromatic heterocycles. The van der Waals surface area contributed by atoms with Gasteiger partial charge in [-0.15, -0.1) is 0 Å². The average molecular weight is 682 g/mol. The molecule has 47 heavy (non-hydrogen) atoms. The van der Waals surface area contributed by atoms with Gasteiger partial charge in [-0.1, -0.05) is 6.92 Å². The standard InChI is InChI=1S/C31H55NO15/c1-16(6-7-21(38)12-22(39)8-10-33)24(9-11-34)45-31-30(47-26(15-36)42-17(2)14-35)29(28(41)19(4)44-31)46-25-13-23(32-20(5)37)27(40)18(3)43-25/h10-11,16-19,21-31,35-36,38-41H,6-9,12-15H2,1-5H3,(H,32,37)/t16-,17+,18+,19+,21+,22-,23+,24+,25-,26+,27+,28+,29-,30+,31-/m0/s1. The second kappa shape index (κ2) is 20.8. The van der Waals surface area contributed by atoms with Crippen molar-refractivity contribution in [2.45, 2.75) is 159 Å². The van der Waals surface area contributed by atoms with Gasteiger partial charge in [-0.25, -0.2) is 0 Å². The predicted octanol–water partition coefficient (Wildman–Crippen LogP) is -1.33. The number of hydrogen-bond donors (Lipinski definition) is 7. The Balaban J connectivity index is 2.33. The van der Waals surface area contributed by atoms with E-state index < -0.39 is 92.6 Å². The summed E-state index contributed by atoms with van der Waals surface area (Å²) in [7, 11) is 0. The van der Waals surface area contributed by atoms with Gasteiger partial charge in [-0.05, 0) is 46.0 Å². The zero-order valence-corrected chi connectivity index (χ0v) is 27.8. The van der Waals surface area contributed by atoms with Gasteiger partial charge in [-0.3, -0.25) is 4.79 Å². The van der Waals surface area contributed by atoms with Crippen molar-refractivity contribution in [3.63, 3.8) is 0 Å². The maximum atomic E-state index is 11.8. The monoisotopic (exact) mass is 681 g/mol. The molecule has 0 aromatic rings. The Morgan fingerprint density at radius 3 is 2.17 bits per heavy atom. The number of hydrogen-bond acceptors (Lipinski definition) is 15. The summed E-state index contributed by atoms with van der Waals surface area (Å²) in [4.78, 5) is 34.1. The van der Waals surface area contributed by atoms with Crippen LogP contribution in [0.5, 0.6) is 0 Å². The van der Waals surface area contributed by atoms with Crippen LogP contribution in [-0.4, -0.2) is 148 Å². The van der Waals surface area contributed by atoms with Gasteiger partial charge in [-0.2, -0.15) is 0 Å². The van der Waals surface area contributed by atoms with Crippen molar-refractivity contribution in [2.75, 3.05) is 13.2 Å². The highest BCUT2D eigenvalue weighted by Crippen LogP contribution is 2.33. The summed E-state index contributed by atoms with van der Waals surface area (Å²) >= 11 is 0. The number of ether oxygens (including phenoxy) is 6. The summed E-state index contributed by atoms with van der Waals surface area (Å²) in [6, 6.07) is -0.714. The smallest absolute Gasteiger partial charge is 0.217 e. The maximum absolute atomic E-state index is 11.8. The highest BCUT2D eigenvalue weighted by molar-refractivity contribution is 5.73. The molecule has 2 fully saturated rings. The van der Waals surface area contributed by atoms with Crippen LogP contribution in [0, 0.1) is 5.92 Å². The van der Waals surface area contributed by atoms with Crippen molar-refractivity contribution < 1.29 is 73.4 Å². The molecule has 0 unspecified atom stereocenters. The number of aliphatic hydroxyl groups is 6. The van der Waals surface area contributed by atoms with Gasteiger partial charge < -0.3 is 74.0 Å². The van der Waals surface area contributed by atoms with Crippen LogP contribution >= 0.6 is 0 Å². The summed E-state index contributed by atoms with van der Waals surface area (Å²) in [5.41, 5.74) is 0. The summed E-state index contributed by atoms with van der Waals surface area (Å²) < 4.78 is 36.1. The van der Waals surface area contributed by atoms with Crippen LogP contribution in [-0.2, 0) is 42.8 Å². The molecule has 0 radical (unpaired) electrons. The van der Waals surface area contributed by atoms with Gasteiger partial charge in [0.25, 0.3) is 0 Å². The number of amides is 1. The van der Waals surface area contributed by atoms with Gasteiger partial charge in [0.2, 0.25) is 5.91 Å². The molecule has 0 bridgehead atoms. The van der Waals surface area contributed by atoms with Crippen LogP contribution in [0.1, 0.15) is 73.1 Å². The molecule has 2 aliphatic rings. The Labute approximate surface area is 275 Å². The lowest BCUT2D eigenvalue weighted by molar-refractivity contribution is -0.367. The predicted molar refractivity (Wildman–Crippen MR) is 162 cm³/mol. The van der Waals surface area contributed by atoms with E-state index in [2.05, 4.69) is 5.32 Å². The number of nitrogens with one attached hydrogen (secondary N) is 1. The lowest BCUT2D eigenvalue weighted by atomic mass is 9.93. The summed E-state index contributed by atoms with van der Waals surface area (Å²) in [6.45, 7) is 6.83. The van der Waals surface area contributed by atoms with Crippen molar-refractivity contribution in [2.24, 2.45) is 5.92 Å². The Hall–Kier alpha value is -1.67. The molecule has 0 aromatic carbocycles. The van der Waals surface area contributed by atoms with Gasteiger partial charge in [0, 0.05) is 26.2 Å². The molecule has 7 N–H and O–H groups in total. The van der Waals surface area contributed by atoms with E-state index in [-0.39, 0.29) is 50.5 Å². The molecule has 2 saturated heterocycles. The first-order chi connectivity index (χ1) is 22.2. The topological polar surface area (TPSA) is 240 Å². The second-order valence-electron chi connectivity index (χ2n) is 12.5. The van der Waals surface area contributed by atoms with E-state index in [9.17, 15) is 45.0 Å². The zero-order chi connectivity index (χ0) is 35.3. The molecule has 2 aliphatic heterocycles. The number of carbonyl (C=O) groups is 3. The Morgan fingerprint density at radius 1 is 0.915 bits per heavy atom. The molecule has 0 aliphatic carbocycles. The average Bonchev–Trinajstić information content (AvgIpc) is 3.01. The normalized spacial score (nSPS) is 33.6. The molecule has 1 amide bonds. The quantitative estimate of drug-likeness (QED) is 0.0549. The molecule has 274 valence electrons. The largest absolute Gasteiger partial charge is 0.394 e. The van der Waals surface area contributed by atoms with E-state index >= 15 is 0 Å². The molecular weight excluding hydrogens is 626 g/mol. The SMILES string of the molecule is CC(=O)N[C@@H]1C[C@H](O[C@H]2[C@H](O)[C@@H](C)O[C@@H](O[C@H](CC=O)[C@@H](C)CC[C@@H](O)C[C@@H](O)CC=O)[C@@H]2O[C@H](CO)O[C@H](C)CO)O[C@H](C)[C@H]1O. The van der Waals surface area contributed by atoms with Crippen molar-refractivity contribution in [1.82, 2.24) is 5.32 Å². The Bertz CT molecular complexity index is 929. The second-order valence-corrected chi connectivity index (χ2v) is 12.5. The highest BCUT2D eigenvalue weighted by atomic mass is 16.8. The fraction of sp³-hybridized carbons (Fsp3) is 0.903. The number of rotatable bonds is 21. The van der Waals surface area contributed by atoms with Crippen LogP contribution in [0.25, 0.3) is 0 Å². The van der Waals surface area contributed by atoms with Crippen LogP contribution in [0.4, 0.5) is 0 Å². The first-order valence-corrected chi connectivity index (χ1v) is 16.2. The van der Waals surface area contributed by atoms with Crippen molar-refractivity contribution in [3.8, 4) is 0 Å². The fourth-order valence-electron chi connectivity index (χ4n) is 5.68. The molecule has 0 spiro atoms. The molecular formula is C31H55NO15. The van der Waals surface area contributed by atoms with Gasteiger partial charge >= 0.3 is 0 Å². The van der Waals surface area contributed by atoms with E-state index in [0.717, 1.165) is 0 Å². The van der Waals surface area contributed by atoms with Crippen LogP contribution in [0.2, 0.25) is 0 Å². The van der Waals surface area contributed by atoms with Gasteiger partial charge in [0.1, 0.15) is 37.0 Å². The zero-order valence-electron chi connectivity index (χ0n) is 27.8. The number of aldehydes is 2. The van der Waals surface area contributed by atoms with E-state index in [1.165, 1.54) is 6.92 Å². The minimum atomic E-state index is -1.32. The highest BCUT2D eigenvalue weighted by Gasteiger charge is 2.50. The minimum absolute atomic E-state index is 0.0111. The third kappa shape index (κ3) is 13.3. The third-order valence-corrected chi connectivity index (χ3v) is 8.40. The first kappa shape index (κ1) is 41.5. The summed E-state index contributed by atoms with van der Waals surface area (Å²) in [5.74, 6) is -0.692. The first-order valence-electron chi connectivity index (χ1n) is 16.2. The van der Waals surface area contributed by atoms with Gasteiger partial charge in [0.15, 0.2) is 18.9 Å². The van der Waals surface area contributed by atoms with E-state index in [1.807, 2.05) is 0 Å². The van der Waals surface area contributed by atoms with Gasteiger partial charge in [0.05, 0.1) is 55.9 Å². The van der Waals surface area contributed by atoms with Crippen molar-refractivity contribution >= 4 is 18.5 Å². The lowest BCUT2D eigenvalue weighted by Gasteiger charge is -2.47. The minimum Gasteiger partial charge on any atom is -0.394 e. The van der Waals surface area contributed by atoms with Crippen molar-refractivity contribution in [3.05, 3.63) is 0 Å². The molecule has 2 heterocycles. The lowest BCUT2D eigenvalue weighted by Crippen LogP contribution is -2.63. The molecule has 16 heteroatoms. The van der Waals surface area contributed by atoms with E-state index in [0.29, 0.717) is 19.0 Å². The molecule has 15 atom stereocenters.